The fraction of sp³-hybridized carbons (Fsp3) is 0.556. The molecule has 0 saturated heterocycles. The number of amides is 1. The lowest BCUT2D eigenvalue weighted by Crippen LogP contribution is -2.27. The Balaban J connectivity index is 2.66. The molecule has 0 saturated carbocycles. The van der Waals surface area contributed by atoms with Crippen molar-refractivity contribution in [2.75, 3.05) is 19.8 Å². The van der Waals surface area contributed by atoms with Gasteiger partial charge in [-0.2, -0.15) is 0 Å². The third-order valence-electron chi connectivity index (χ3n) is 3.31. The summed E-state index contributed by atoms with van der Waals surface area (Å²) in [4.78, 5) is 23.2. The Labute approximate surface area is 143 Å². The summed E-state index contributed by atoms with van der Waals surface area (Å²) in [6.45, 7) is 8.85. The summed E-state index contributed by atoms with van der Waals surface area (Å²) in [5.74, 6) is 0.788. The zero-order valence-corrected chi connectivity index (χ0v) is 14.9. The Morgan fingerprint density at radius 2 is 1.67 bits per heavy atom. The van der Waals surface area contributed by atoms with Crippen molar-refractivity contribution in [3.8, 4) is 11.5 Å². The van der Waals surface area contributed by atoms with E-state index < -0.39 is 0 Å². The molecule has 1 aromatic rings. The minimum absolute atomic E-state index is 0.0832. The summed E-state index contributed by atoms with van der Waals surface area (Å²) in [5.41, 5.74) is 0.909. The van der Waals surface area contributed by atoms with Gasteiger partial charge in [-0.1, -0.05) is 6.07 Å². The molecular weight excluding hydrogens is 310 g/mol. The van der Waals surface area contributed by atoms with Crippen LogP contribution in [0.2, 0.25) is 0 Å². The van der Waals surface area contributed by atoms with Crippen LogP contribution in [0.15, 0.2) is 18.2 Å². The number of carbonyl (C=O) groups excluding carboxylic acids is 2. The Morgan fingerprint density at radius 3 is 2.29 bits per heavy atom. The fourth-order valence-electron chi connectivity index (χ4n) is 2.18. The molecule has 0 fully saturated rings. The summed E-state index contributed by atoms with van der Waals surface area (Å²) in [7, 11) is 0. The van der Waals surface area contributed by atoms with Gasteiger partial charge in [0.2, 0.25) is 5.91 Å². The predicted molar refractivity (Wildman–Crippen MR) is 91.2 cm³/mol. The van der Waals surface area contributed by atoms with Crippen molar-refractivity contribution in [2.24, 2.45) is 0 Å². The zero-order chi connectivity index (χ0) is 17.9. The fourth-order valence-corrected chi connectivity index (χ4v) is 2.18. The molecular formula is C18H27NO5. The maximum absolute atomic E-state index is 11.9. The van der Waals surface area contributed by atoms with Crippen molar-refractivity contribution in [3.63, 3.8) is 0 Å². The molecule has 1 rings (SSSR count). The minimum atomic E-state index is -0.361. The van der Waals surface area contributed by atoms with E-state index in [0.29, 0.717) is 31.3 Å². The standard InChI is InChI=1S/C18H27NO5/c1-5-22-15-9-8-14(12-16(15)23-6-2)13(4)19-17(20)10-11-18(21)24-7-3/h8-9,12-13H,5-7,10-11H2,1-4H3,(H,19,20)/t13-/m1/s1. The average Bonchev–Trinajstić information content (AvgIpc) is 2.55. The minimum Gasteiger partial charge on any atom is -0.490 e. The van der Waals surface area contributed by atoms with Gasteiger partial charge < -0.3 is 19.5 Å². The van der Waals surface area contributed by atoms with Crippen LogP contribution in [0.1, 0.15) is 52.1 Å². The molecule has 0 heterocycles. The van der Waals surface area contributed by atoms with Crippen LogP contribution in [0, 0.1) is 0 Å². The number of hydrogen-bond donors (Lipinski definition) is 1. The van der Waals surface area contributed by atoms with Crippen LogP contribution in [0.25, 0.3) is 0 Å². The topological polar surface area (TPSA) is 73.9 Å². The van der Waals surface area contributed by atoms with Gasteiger partial charge in [-0.15, -0.1) is 0 Å². The number of carbonyl (C=O) groups is 2. The van der Waals surface area contributed by atoms with Gasteiger partial charge in [0, 0.05) is 6.42 Å². The van der Waals surface area contributed by atoms with Gasteiger partial charge in [0.15, 0.2) is 11.5 Å². The van der Waals surface area contributed by atoms with E-state index in [-0.39, 0.29) is 30.8 Å². The molecule has 0 aliphatic heterocycles. The number of esters is 1. The number of nitrogens with one attached hydrogen (secondary N) is 1. The van der Waals surface area contributed by atoms with Crippen LogP contribution in [0.3, 0.4) is 0 Å². The lowest BCUT2D eigenvalue weighted by atomic mass is 10.1. The molecule has 0 aliphatic rings. The Morgan fingerprint density at radius 1 is 1.00 bits per heavy atom. The molecule has 134 valence electrons. The van der Waals surface area contributed by atoms with E-state index in [1.807, 2.05) is 39.0 Å². The van der Waals surface area contributed by atoms with Crippen LogP contribution >= 0.6 is 0 Å². The van der Waals surface area contributed by atoms with E-state index in [9.17, 15) is 9.59 Å². The summed E-state index contributed by atoms with van der Waals surface area (Å²) in [6, 6.07) is 5.40. The number of benzene rings is 1. The second-order valence-corrected chi connectivity index (χ2v) is 5.17. The Hall–Kier alpha value is -2.24. The monoisotopic (exact) mass is 337 g/mol. The first kappa shape index (κ1) is 19.8. The number of hydrogen-bond acceptors (Lipinski definition) is 5. The van der Waals surface area contributed by atoms with Gasteiger partial charge >= 0.3 is 5.97 Å². The highest BCUT2D eigenvalue weighted by Crippen LogP contribution is 2.30. The van der Waals surface area contributed by atoms with Gasteiger partial charge in [0.05, 0.1) is 32.3 Å². The van der Waals surface area contributed by atoms with Crippen LogP contribution < -0.4 is 14.8 Å². The normalized spacial score (nSPS) is 11.5. The van der Waals surface area contributed by atoms with E-state index in [4.69, 9.17) is 14.2 Å². The largest absolute Gasteiger partial charge is 0.490 e. The first-order valence-corrected chi connectivity index (χ1v) is 8.36. The quantitative estimate of drug-likeness (QED) is 0.664. The van der Waals surface area contributed by atoms with Crippen molar-refractivity contribution >= 4 is 11.9 Å². The van der Waals surface area contributed by atoms with Crippen molar-refractivity contribution in [3.05, 3.63) is 23.8 Å². The zero-order valence-electron chi connectivity index (χ0n) is 14.9. The highest BCUT2D eigenvalue weighted by molar-refractivity contribution is 5.81. The molecule has 6 nitrogen and oxygen atoms in total. The van der Waals surface area contributed by atoms with E-state index in [0.717, 1.165) is 5.56 Å². The van der Waals surface area contributed by atoms with Gasteiger partial charge in [-0.25, -0.2) is 0 Å². The Kier molecular flexibility index (Phi) is 8.68. The lowest BCUT2D eigenvalue weighted by molar-refractivity contribution is -0.144. The number of rotatable bonds is 10. The van der Waals surface area contributed by atoms with Gasteiger partial charge in [-0.05, 0) is 45.4 Å². The molecule has 0 bridgehead atoms. The Bertz CT molecular complexity index is 544. The SMILES string of the molecule is CCOC(=O)CCC(=O)N[C@H](C)c1ccc(OCC)c(OCC)c1. The molecule has 1 N–H and O–H groups in total. The molecule has 0 aliphatic carbocycles. The number of ether oxygens (including phenoxy) is 3. The smallest absolute Gasteiger partial charge is 0.306 e. The van der Waals surface area contributed by atoms with Crippen molar-refractivity contribution in [2.45, 2.75) is 46.6 Å². The molecule has 6 heteroatoms. The molecule has 0 aromatic heterocycles. The van der Waals surface area contributed by atoms with E-state index >= 15 is 0 Å². The van der Waals surface area contributed by atoms with Crippen LogP contribution in [0.5, 0.6) is 11.5 Å². The molecule has 1 atom stereocenters. The highest BCUT2D eigenvalue weighted by Gasteiger charge is 2.14. The van der Waals surface area contributed by atoms with Crippen molar-refractivity contribution in [1.82, 2.24) is 5.32 Å². The summed E-state index contributed by atoms with van der Waals surface area (Å²) >= 11 is 0. The predicted octanol–water partition coefficient (Wildman–Crippen LogP) is 3.00. The molecule has 0 unspecified atom stereocenters. The van der Waals surface area contributed by atoms with Crippen LogP contribution in [0.4, 0.5) is 0 Å². The molecule has 1 aromatic carbocycles. The van der Waals surface area contributed by atoms with Crippen LogP contribution in [-0.2, 0) is 14.3 Å². The second-order valence-electron chi connectivity index (χ2n) is 5.17. The second kappa shape index (κ2) is 10.5. The maximum Gasteiger partial charge on any atom is 0.306 e. The highest BCUT2D eigenvalue weighted by atomic mass is 16.5. The first-order valence-electron chi connectivity index (χ1n) is 8.36. The first-order chi connectivity index (χ1) is 11.5. The van der Waals surface area contributed by atoms with E-state index in [2.05, 4.69) is 5.32 Å². The van der Waals surface area contributed by atoms with Crippen molar-refractivity contribution in [1.29, 1.82) is 0 Å². The van der Waals surface area contributed by atoms with Crippen LogP contribution in [-0.4, -0.2) is 31.7 Å². The molecule has 1 amide bonds. The summed E-state index contributed by atoms with van der Waals surface area (Å²) in [6.07, 6.45) is 0.193. The third-order valence-corrected chi connectivity index (χ3v) is 3.31. The van der Waals surface area contributed by atoms with E-state index in [1.54, 1.807) is 6.92 Å². The molecule has 24 heavy (non-hydrogen) atoms. The average molecular weight is 337 g/mol. The van der Waals surface area contributed by atoms with Crippen molar-refractivity contribution < 1.29 is 23.8 Å². The molecule has 0 spiro atoms. The third kappa shape index (κ3) is 6.48. The maximum atomic E-state index is 11.9. The summed E-state index contributed by atoms with van der Waals surface area (Å²) in [5, 5.41) is 2.87. The van der Waals surface area contributed by atoms with Gasteiger partial charge in [0.25, 0.3) is 0 Å². The summed E-state index contributed by atoms with van der Waals surface area (Å²) < 4.78 is 15.9. The van der Waals surface area contributed by atoms with Gasteiger partial charge in [0.1, 0.15) is 0 Å². The van der Waals surface area contributed by atoms with Gasteiger partial charge in [-0.3, -0.25) is 9.59 Å². The molecule has 0 radical (unpaired) electrons. The lowest BCUT2D eigenvalue weighted by Gasteiger charge is -2.17. The van der Waals surface area contributed by atoms with E-state index in [1.165, 1.54) is 0 Å².